The molecule has 0 bridgehead atoms. The minimum Gasteiger partial charge on any atom is -0.406 e. The molecule has 1 aromatic carbocycles. The van der Waals surface area contributed by atoms with Gasteiger partial charge in [-0.3, -0.25) is 9.59 Å². The Bertz CT molecular complexity index is 747. The van der Waals surface area contributed by atoms with Crippen molar-refractivity contribution in [1.29, 1.82) is 0 Å². The predicted octanol–water partition coefficient (Wildman–Crippen LogP) is 2.47. The molecule has 1 N–H and O–H groups in total. The van der Waals surface area contributed by atoms with Gasteiger partial charge in [0.15, 0.2) is 5.78 Å². The average Bonchev–Trinajstić information content (AvgIpc) is 3.30. The summed E-state index contributed by atoms with van der Waals surface area (Å²) >= 11 is 0. The fraction of sp³-hybridized carbons (Fsp3) is 0.579. The fourth-order valence-electron chi connectivity index (χ4n) is 3.72. The van der Waals surface area contributed by atoms with Gasteiger partial charge >= 0.3 is 6.36 Å². The number of carbonyl (C=O) groups excluding carboxylic acids is 2. The van der Waals surface area contributed by atoms with Crippen molar-refractivity contribution in [2.24, 2.45) is 11.8 Å². The molecule has 28 heavy (non-hydrogen) atoms. The Labute approximate surface area is 159 Å². The summed E-state index contributed by atoms with van der Waals surface area (Å²) in [6, 6.07) is 4.64. The van der Waals surface area contributed by atoms with Crippen molar-refractivity contribution in [2.45, 2.75) is 43.9 Å². The van der Waals surface area contributed by atoms with Crippen LogP contribution in [0.2, 0.25) is 0 Å². The third kappa shape index (κ3) is 4.30. The molecule has 1 aromatic rings. The molecule has 4 rings (SSSR count). The maximum absolute atomic E-state index is 12.5. The fourth-order valence-corrected chi connectivity index (χ4v) is 3.72. The van der Waals surface area contributed by atoms with E-state index in [0.717, 1.165) is 25.0 Å². The highest BCUT2D eigenvalue weighted by Crippen LogP contribution is 2.35. The average molecular weight is 399 g/mol. The van der Waals surface area contributed by atoms with Gasteiger partial charge in [0.25, 0.3) is 0 Å². The van der Waals surface area contributed by atoms with Crippen LogP contribution in [0.5, 0.6) is 5.75 Å². The SMILES string of the molecule is O=C(C[C@H]1CO[C@H]2[C@@H]1OC[C@@H]2NC(=O)C1CC1)c1ccc(OC(F)(F)F)cc1. The van der Waals surface area contributed by atoms with Crippen LogP contribution in [-0.2, 0) is 14.3 Å². The second-order valence-electron chi connectivity index (χ2n) is 7.44. The predicted molar refractivity (Wildman–Crippen MR) is 89.7 cm³/mol. The van der Waals surface area contributed by atoms with Crippen molar-refractivity contribution in [2.75, 3.05) is 13.2 Å². The summed E-state index contributed by atoms with van der Waals surface area (Å²) in [5.41, 5.74) is 0.301. The molecule has 0 spiro atoms. The number of ether oxygens (including phenoxy) is 3. The summed E-state index contributed by atoms with van der Waals surface area (Å²) in [7, 11) is 0. The van der Waals surface area contributed by atoms with Crippen molar-refractivity contribution in [3.8, 4) is 5.75 Å². The maximum Gasteiger partial charge on any atom is 0.573 e. The van der Waals surface area contributed by atoms with Crippen LogP contribution in [0.15, 0.2) is 24.3 Å². The van der Waals surface area contributed by atoms with Gasteiger partial charge in [-0.05, 0) is 37.1 Å². The Hall–Kier alpha value is -2.13. The zero-order chi connectivity index (χ0) is 19.9. The van der Waals surface area contributed by atoms with Gasteiger partial charge in [-0.2, -0.15) is 0 Å². The van der Waals surface area contributed by atoms with Gasteiger partial charge in [0.2, 0.25) is 5.91 Å². The normalized spacial score (nSPS) is 29.4. The van der Waals surface area contributed by atoms with E-state index in [1.54, 1.807) is 0 Å². The summed E-state index contributed by atoms with van der Waals surface area (Å²) in [4.78, 5) is 24.5. The van der Waals surface area contributed by atoms with E-state index in [1.165, 1.54) is 12.1 Å². The molecule has 6 nitrogen and oxygen atoms in total. The van der Waals surface area contributed by atoms with Crippen LogP contribution in [0.25, 0.3) is 0 Å². The van der Waals surface area contributed by atoms with Crippen molar-refractivity contribution < 1.29 is 37.0 Å². The number of benzene rings is 1. The molecule has 2 heterocycles. The van der Waals surface area contributed by atoms with Gasteiger partial charge in [-0.1, -0.05) is 0 Å². The number of rotatable bonds is 6. The molecule has 9 heteroatoms. The zero-order valence-corrected chi connectivity index (χ0v) is 14.9. The second kappa shape index (κ2) is 7.36. The molecule has 0 aromatic heterocycles. The summed E-state index contributed by atoms with van der Waals surface area (Å²) in [6.45, 7) is 0.689. The Morgan fingerprint density at radius 3 is 2.39 bits per heavy atom. The van der Waals surface area contributed by atoms with Crippen LogP contribution in [-0.4, -0.2) is 49.5 Å². The number of nitrogens with one attached hydrogen (secondary N) is 1. The van der Waals surface area contributed by atoms with Gasteiger partial charge < -0.3 is 19.5 Å². The van der Waals surface area contributed by atoms with Crippen molar-refractivity contribution >= 4 is 11.7 Å². The van der Waals surface area contributed by atoms with E-state index in [-0.39, 0.29) is 53.9 Å². The maximum atomic E-state index is 12.5. The van der Waals surface area contributed by atoms with Crippen LogP contribution in [0.1, 0.15) is 29.6 Å². The number of carbonyl (C=O) groups is 2. The van der Waals surface area contributed by atoms with E-state index >= 15 is 0 Å². The highest BCUT2D eigenvalue weighted by molar-refractivity contribution is 5.96. The highest BCUT2D eigenvalue weighted by atomic mass is 19.4. The van der Waals surface area contributed by atoms with Crippen molar-refractivity contribution in [3.05, 3.63) is 29.8 Å². The molecule has 1 aliphatic carbocycles. The van der Waals surface area contributed by atoms with Crippen LogP contribution in [0.4, 0.5) is 13.2 Å². The van der Waals surface area contributed by atoms with E-state index in [4.69, 9.17) is 9.47 Å². The van der Waals surface area contributed by atoms with Gasteiger partial charge in [0, 0.05) is 23.8 Å². The molecule has 1 amide bonds. The largest absolute Gasteiger partial charge is 0.573 e. The molecule has 152 valence electrons. The topological polar surface area (TPSA) is 73.9 Å². The van der Waals surface area contributed by atoms with E-state index in [0.29, 0.717) is 18.8 Å². The Kier molecular flexibility index (Phi) is 5.05. The molecule has 4 atom stereocenters. The van der Waals surface area contributed by atoms with Crippen LogP contribution >= 0.6 is 0 Å². The van der Waals surface area contributed by atoms with E-state index < -0.39 is 6.36 Å². The monoisotopic (exact) mass is 399 g/mol. The summed E-state index contributed by atoms with van der Waals surface area (Å²) < 4.78 is 52.0. The lowest BCUT2D eigenvalue weighted by molar-refractivity contribution is -0.274. The Morgan fingerprint density at radius 2 is 1.75 bits per heavy atom. The smallest absolute Gasteiger partial charge is 0.406 e. The summed E-state index contributed by atoms with van der Waals surface area (Å²) in [5.74, 6) is -0.615. The van der Waals surface area contributed by atoms with E-state index in [9.17, 15) is 22.8 Å². The number of hydrogen-bond donors (Lipinski definition) is 1. The quantitative estimate of drug-likeness (QED) is 0.744. The first-order valence-corrected chi connectivity index (χ1v) is 9.23. The lowest BCUT2D eigenvalue weighted by Gasteiger charge is -2.17. The summed E-state index contributed by atoms with van der Waals surface area (Å²) in [6.07, 6.45) is -3.34. The Balaban J connectivity index is 1.32. The lowest BCUT2D eigenvalue weighted by Crippen LogP contribution is -2.44. The molecule has 1 saturated carbocycles. The first-order valence-electron chi connectivity index (χ1n) is 9.23. The first-order chi connectivity index (χ1) is 13.3. The van der Waals surface area contributed by atoms with Crippen molar-refractivity contribution in [1.82, 2.24) is 5.32 Å². The van der Waals surface area contributed by atoms with Crippen LogP contribution < -0.4 is 10.1 Å². The molecule has 2 aliphatic heterocycles. The number of fused-ring (bicyclic) bond motifs is 1. The van der Waals surface area contributed by atoms with Gasteiger partial charge in [0.1, 0.15) is 11.9 Å². The Morgan fingerprint density at radius 1 is 1.07 bits per heavy atom. The number of hydrogen-bond acceptors (Lipinski definition) is 5. The number of halogens is 3. The van der Waals surface area contributed by atoms with Crippen molar-refractivity contribution in [3.63, 3.8) is 0 Å². The van der Waals surface area contributed by atoms with Gasteiger partial charge in [0.05, 0.1) is 25.4 Å². The van der Waals surface area contributed by atoms with Gasteiger partial charge in [-0.15, -0.1) is 13.2 Å². The third-order valence-electron chi connectivity index (χ3n) is 5.29. The minimum absolute atomic E-state index is 0.0264. The highest BCUT2D eigenvalue weighted by Gasteiger charge is 2.49. The molecule has 2 saturated heterocycles. The molecule has 3 fully saturated rings. The number of alkyl halides is 3. The van der Waals surface area contributed by atoms with E-state index in [1.807, 2.05) is 0 Å². The molecule has 3 aliphatic rings. The molecule has 0 unspecified atom stereocenters. The van der Waals surface area contributed by atoms with Crippen LogP contribution in [0.3, 0.4) is 0 Å². The molecular weight excluding hydrogens is 379 g/mol. The number of amides is 1. The first kappa shape index (κ1) is 19.2. The molecule has 0 radical (unpaired) electrons. The minimum atomic E-state index is -4.77. The number of ketones is 1. The molecular formula is C19H20F3NO5. The zero-order valence-electron chi connectivity index (χ0n) is 14.9. The summed E-state index contributed by atoms with van der Waals surface area (Å²) in [5, 5.41) is 2.96. The van der Waals surface area contributed by atoms with E-state index in [2.05, 4.69) is 10.1 Å². The standard InChI is InChI=1S/C19H20F3NO5/c20-19(21,22)28-13-5-3-10(4-6-13)15(24)7-12-8-26-17-14(9-27-16(12)17)23-18(25)11-1-2-11/h3-6,11-12,14,16-17H,1-2,7-9H2,(H,23,25)/t12-,14-,16+,17+/m0/s1. The second-order valence-corrected chi connectivity index (χ2v) is 7.44. The van der Waals surface area contributed by atoms with Crippen LogP contribution in [0, 0.1) is 11.8 Å². The van der Waals surface area contributed by atoms with Gasteiger partial charge in [-0.25, -0.2) is 0 Å². The third-order valence-corrected chi connectivity index (χ3v) is 5.29. The lowest BCUT2D eigenvalue weighted by atomic mass is 9.93. The number of Topliss-reactive ketones (excluding diaryl/α,β-unsaturated/α-hetero) is 1.